The molecule has 3 aliphatic rings. The molecule has 3 aliphatic heterocycles. The van der Waals surface area contributed by atoms with Gasteiger partial charge in [-0.05, 0) is 19.8 Å². The first-order valence-corrected chi connectivity index (χ1v) is 9.43. The van der Waals surface area contributed by atoms with E-state index in [0.29, 0.717) is 45.4 Å². The Morgan fingerprint density at radius 2 is 1.88 bits per heavy atom. The summed E-state index contributed by atoms with van der Waals surface area (Å²) < 4.78 is 9.94. The smallest absolute Gasteiger partial charge is 0.410 e. The first-order chi connectivity index (χ1) is 12.6. The summed E-state index contributed by atoms with van der Waals surface area (Å²) in [5.74, 6) is -0.0151. The molecule has 0 aliphatic carbocycles. The number of carbonyl (C=O) groups excluding carboxylic acids is 3. The van der Waals surface area contributed by atoms with E-state index in [1.165, 1.54) is 4.90 Å². The number of likely N-dealkylation sites (tertiary alicyclic amines) is 1. The molecule has 0 spiro atoms. The van der Waals surface area contributed by atoms with Gasteiger partial charge in [0.05, 0.1) is 13.2 Å². The molecule has 0 aromatic carbocycles. The van der Waals surface area contributed by atoms with Crippen molar-refractivity contribution >= 4 is 18.1 Å². The number of piperazine rings is 1. The minimum atomic E-state index is -0.401. The minimum Gasteiger partial charge on any atom is -0.450 e. The van der Waals surface area contributed by atoms with Crippen LogP contribution in [0.2, 0.25) is 0 Å². The van der Waals surface area contributed by atoms with Gasteiger partial charge >= 0.3 is 12.2 Å². The highest BCUT2D eigenvalue weighted by atomic mass is 16.6. The van der Waals surface area contributed by atoms with Crippen LogP contribution in [0.25, 0.3) is 0 Å². The Hall–Kier alpha value is -2.03. The number of nitrogens with zero attached hydrogens (tertiary/aromatic N) is 4. The Kier molecular flexibility index (Phi) is 6.18. The highest BCUT2D eigenvalue weighted by Crippen LogP contribution is 2.19. The van der Waals surface area contributed by atoms with E-state index in [1.807, 2.05) is 11.8 Å². The molecular formula is C17H28N4O5. The zero-order valence-corrected chi connectivity index (χ0v) is 15.4. The largest absolute Gasteiger partial charge is 0.450 e. The van der Waals surface area contributed by atoms with Crippen LogP contribution in [0.15, 0.2) is 0 Å². The third-order valence-corrected chi connectivity index (χ3v) is 5.28. The van der Waals surface area contributed by atoms with Gasteiger partial charge < -0.3 is 19.3 Å². The lowest BCUT2D eigenvalue weighted by atomic mass is 10.0. The van der Waals surface area contributed by atoms with Gasteiger partial charge in [-0.15, -0.1) is 0 Å². The summed E-state index contributed by atoms with van der Waals surface area (Å²) in [6, 6.07) is 0.308. The van der Waals surface area contributed by atoms with Crippen molar-refractivity contribution in [3.63, 3.8) is 0 Å². The summed E-state index contributed by atoms with van der Waals surface area (Å²) >= 11 is 0. The van der Waals surface area contributed by atoms with E-state index in [1.54, 1.807) is 4.90 Å². The van der Waals surface area contributed by atoms with Crippen molar-refractivity contribution in [3.05, 3.63) is 0 Å². The Morgan fingerprint density at radius 3 is 2.54 bits per heavy atom. The minimum absolute atomic E-state index is 0.0151. The highest BCUT2D eigenvalue weighted by Gasteiger charge is 2.33. The van der Waals surface area contributed by atoms with Crippen molar-refractivity contribution in [1.29, 1.82) is 0 Å². The van der Waals surface area contributed by atoms with Crippen LogP contribution in [-0.4, -0.2) is 109 Å². The van der Waals surface area contributed by atoms with Crippen molar-refractivity contribution in [1.82, 2.24) is 19.6 Å². The number of hydrogen-bond acceptors (Lipinski definition) is 6. The molecule has 9 heteroatoms. The Labute approximate surface area is 153 Å². The van der Waals surface area contributed by atoms with Gasteiger partial charge in [0.15, 0.2) is 0 Å². The maximum absolute atomic E-state index is 12.5. The average molecular weight is 368 g/mol. The van der Waals surface area contributed by atoms with Crippen LogP contribution in [0.3, 0.4) is 0 Å². The van der Waals surface area contributed by atoms with Gasteiger partial charge in [-0.2, -0.15) is 0 Å². The second-order valence-electron chi connectivity index (χ2n) is 6.89. The van der Waals surface area contributed by atoms with Crippen molar-refractivity contribution in [2.45, 2.75) is 25.8 Å². The summed E-state index contributed by atoms with van der Waals surface area (Å²) in [7, 11) is 0. The monoisotopic (exact) mass is 368 g/mol. The van der Waals surface area contributed by atoms with Crippen LogP contribution in [0.4, 0.5) is 9.59 Å². The number of amides is 3. The van der Waals surface area contributed by atoms with Gasteiger partial charge in [0.25, 0.3) is 0 Å². The lowest BCUT2D eigenvalue weighted by Crippen LogP contribution is -2.57. The third-order valence-electron chi connectivity index (χ3n) is 5.28. The predicted octanol–water partition coefficient (Wildman–Crippen LogP) is 0.204. The second kappa shape index (κ2) is 8.57. The van der Waals surface area contributed by atoms with E-state index in [0.717, 1.165) is 32.5 Å². The fourth-order valence-corrected chi connectivity index (χ4v) is 3.80. The molecule has 9 nitrogen and oxygen atoms in total. The molecule has 146 valence electrons. The van der Waals surface area contributed by atoms with E-state index < -0.39 is 6.09 Å². The van der Waals surface area contributed by atoms with Crippen LogP contribution in [0.5, 0.6) is 0 Å². The number of cyclic esters (lactones) is 1. The van der Waals surface area contributed by atoms with Gasteiger partial charge in [0, 0.05) is 45.3 Å². The van der Waals surface area contributed by atoms with Gasteiger partial charge in [0.1, 0.15) is 13.2 Å². The average Bonchev–Trinajstić information content (AvgIpc) is 3.07. The predicted molar refractivity (Wildman–Crippen MR) is 92.7 cm³/mol. The third kappa shape index (κ3) is 4.38. The fraction of sp³-hybridized carbons (Fsp3) is 0.824. The molecule has 3 heterocycles. The van der Waals surface area contributed by atoms with Gasteiger partial charge in [0.2, 0.25) is 5.91 Å². The molecule has 0 N–H and O–H groups in total. The Bertz CT molecular complexity index is 535. The van der Waals surface area contributed by atoms with Crippen molar-refractivity contribution in [2.75, 3.05) is 65.6 Å². The van der Waals surface area contributed by atoms with E-state index in [2.05, 4.69) is 4.90 Å². The standard InChI is InChI=1S/C17H28N4O5/c1-2-25-16(23)19-8-6-18(7-9-19)14-4-3-5-20(12-14)15(22)13-21-10-11-26-17(21)24/h14H,2-13H2,1H3. The molecule has 0 aromatic heterocycles. The zero-order chi connectivity index (χ0) is 18.5. The molecule has 0 bridgehead atoms. The molecule has 1 unspecified atom stereocenters. The summed E-state index contributed by atoms with van der Waals surface area (Å²) in [6.45, 7) is 7.47. The first kappa shape index (κ1) is 18.8. The van der Waals surface area contributed by atoms with Gasteiger partial charge in [-0.1, -0.05) is 0 Å². The number of piperidine rings is 1. The number of hydrogen-bond donors (Lipinski definition) is 0. The van der Waals surface area contributed by atoms with Crippen molar-refractivity contribution in [3.8, 4) is 0 Å². The van der Waals surface area contributed by atoms with Crippen molar-refractivity contribution in [2.24, 2.45) is 0 Å². The summed E-state index contributed by atoms with van der Waals surface area (Å²) in [5, 5.41) is 0. The first-order valence-electron chi connectivity index (χ1n) is 9.43. The topological polar surface area (TPSA) is 82.6 Å². The number of rotatable bonds is 4. The second-order valence-corrected chi connectivity index (χ2v) is 6.89. The van der Waals surface area contributed by atoms with E-state index in [9.17, 15) is 14.4 Å². The number of ether oxygens (including phenoxy) is 2. The van der Waals surface area contributed by atoms with Crippen LogP contribution in [0, 0.1) is 0 Å². The molecule has 0 saturated carbocycles. The lowest BCUT2D eigenvalue weighted by Gasteiger charge is -2.43. The van der Waals surface area contributed by atoms with Crippen LogP contribution in [-0.2, 0) is 14.3 Å². The van der Waals surface area contributed by atoms with Crippen molar-refractivity contribution < 1.29 is 23.9 Å². The Morgan fingerprint density at radius 1 is 1.12 bits per heavy atom. The molecule has 26 heavy (non-hydrogen) atoms. The van der Waals surface area contributed by atoms with E-state index in [4.69, 9.17) is 9.47 Å². The molecule has 0 radical (unpaired) electrons. The molecule has 3 fully saturated rings. The SMILES string of the molecule is CCOC(=O)N1CCN(C2CCCN(C(=O)CN3CCOC3=O)C2)CC1. The molecule has 3 saturated heterocycles. The summed E-state index contributed by atoms with van der Waals surface area (Å²) in [6.07, 6.45) is 1.36. The maximum Gasteiger partial charge on any atom is 0.410 e. The fourth-order valence-electron chi connectivity index (χ4n) is 3.80. The van der Waals surface area contributed by atoms with E-state index >= 15 is 0 Å². The Balaban J connectivity index is 1.47. The lowest BCUT2D eigenvalue weighted by molar-refractivity contribution is -0.134. The summed E-state index contributed by atoms with van der Waals surface area (Å²) in [5.41, 5.74) is 0. The van der Waals surface area contributed by atoms with Crippen LogP contribution in [0.1, 0.15) is 19.8 Å². The molecule has 3 amide bonds. The normalized spacial score (nSPS) is 24.6. The molecule has 0 aromatic rings. The molecule has 1 atom stereocenters. The zero-order valence-electron chi connectivity index (χ0n) is 15.4. The highest BCUT2D eigenvalue weighted by molar-refractivity contribution is 5.83. The number of carbonyl (C=O) groups is 3. The maximum atomic E-state index is 12.5. The van der Waals surface area contributed by atoms with Crippen LogP contribution >= 0.6 is 0 Å². The molecular weight excluding hydrogens is 340 g/mol. The quantitative estimate of drug-likeness (QED) is 0.705. The summed E-state index contributed by atoms with van der Waals surface area (Å²) in [4.78, 5) is 43.3. The van der Waals surface area contributed by atoms with E-state index in [-0.39, 0.29) is 18.5 Å². The van der Waals surface area contributed by atoms with Gasteiger partial charge in [-0.3, -0.25) is 14.6 Å². The molecule has 3 rings (SSSR count). The van der Waals surface area contributed by atoms with Gasteiger partial charge in [-0.25, -0.2) is 9.59 Å². The van der Waals surface area contributed by atoms with Crippen LogP contribution < -0.4 is 0 Å².